The quantitative estimate of drug-likeness (QED) is 0.737. The molecule has 1 aliphatic rings. The van der Waals surface area contributed by atoms with E-state index in [9.17, 15) is 9.59 Å². The third kappa shape index (κ3) is 4.77. The second-order valence-electron chi connectivity index (χ2n) is 6.69. The van der Waals surface area contributed by atoms with Crippen LogP contribution in [-0.2, 0) is 16.1 Å². The number of benzene rings is 1. The Balaban J connectivity index is 1.70. The van der Waals surface area contributed by atoms with E-state index in [1.807, 2.05) is 29.2 Å². The van der Waals surface area contributed by atoms with E-state index in [0.29, 0.717) is 36.0 Å². The molecule has 0 N–H and O–H groups in total. The molecule has 0 bridgehead atoms. The lowest BCUT2D eigenvalue weighted by atomic mass is 10.1. The molecule has 6 nitrogen and oxygen atoms in total. The monoisotopic (exact) mass is 387 g/mol. The summed E-state index contributed by atoms with van der Waals surface area (Å²) in [5.41, 5.74) is 1.41. The molecule has 1 aliphatic heterocycles. The number of hydrogen-bond acceptors (Lipinski definition) is 5. The molecule has 1 fully saturated rings. The van der Waals surface area contributed by atoms with Gasteiger partial charge >= 0.3 is 5.97 Å². The largest absolute Gasteiger partial charge is 0.459 e. The van der Waals surface area contributed by atoms with E-state index in [1.54, 1.807) is 37.1 Å². The van der Waals surface area contributed by atoms with Gasteiger partial charge in [0.15, 0.2) is 0 Å². The van der Waals surface area contributed by atoms with E-state index in [-0.39, 0.29) is 18.6 Å². The standard InChI is InChI=1S/C20H22ClN3O3/c1-14(2)27-20(26)17-4-3-9-22-19(17)24-11-10-23(18(25)13-24)12-15-5-7-16(21)8-6-15/h3-9,14H,10-13H2,1-2H3. The molecule has 1 aromatic carbocycles. The molecule has 0 spiro atoms. The van der Waals surface area contributed by atoms with Gasteiger partial charge in [0.25, 0.3) is 0 Å². The lowest BCUT2D eigenvalue weighted by molar-refractivity contribution is -0.131. The number of pyridine rings is 1. The third-order valence-corrected chi connectivity index (χ3v) is 4.51. The number of anilines is 1. The predicted molar refractivity (Wildman–Crippen MR) is 104 cm³/mol. The number of aromatic nitrogens is 1. The van der Waals surface area contributed by atoms with Crippen molar-refractivity contribution in [3.05, 3.63) is 58.7 Å². The predicted octanol–water partition coefficient (Wildman–Crippen LogP) is 3.15. The average Bonchev–Trinajstić information content (AvgIpc) is 2.64. The molecule has 1 amide bonds. The van der Waals surface area contributed by atoms with Crippen molar-refractivity contribution in [2.75, 3.05) is 24.5 Å². The Morgan fingerprint density at radius 3 is 2.63 bits per heavy atom. The maximum atomic E-state index is 12.6. The highest BCUT2D eigenvalue weighted by Gasteiger charge is 2.28. The zero-order chi connectivity index (χ0) is 19.4. The van der Waals surface area contributed by atoms with Crippen LogP contribution in [-0.4, -0.2) is 47.5 Å². The Hall–Kier alpha value is -2.60. The van der Waals surface area contributed by atoms with Gasteiger partial charge in [-0.1, -0.05) is 23.7 Å². The smallest absolute Gasteiger partial charge is 0.342 e. The molecule has 1 aromatic heterocycles. The van der Waals surface area contributed by atoms with Crippen molar-refractivity contribution in [3.63, 3.8) is 0 Å². The fourth-order valence-corrected chi connectivity index (χ4v) is 3.08. The SMILES string of the molecule is CC(C)OC(=O)c1cccnc1N1CCN(Cc2ccc(Cl)cc2)C(=O)C1. The van der Waals surface area contributed by atoms with Crippen molar-refractivity contribution in [2.45, 2.75) is 26.5 Å². The van der Waals surface area contributed by atoms with Gasteiger partial charge in [-0.25, -0.2) is 9.78 Å². The number of hydrogen-bond donors (Lipinski definition) is 0. The molecule has 0 radical (unpaired) electrons. The summed E-state index contributed by atoms with van der Waals surface area (Å²) in [6.45, 7) is 5.45. The third-order valence-electron chi connectivity index (χ3n) is 4.25. The van der Waals surface area contributed by atoms with Gasteiger partial charge in [-0.3, -0.25) is 4.79 Å². The molecule has 142 valence electrons. The first-order valence-electron chi connectivity index (χ1n) is 8.87. The summed E-state index contributed by atoms with van der Waals surface area (Å²) >= 11 is 5.91. The summed E-state index contributed by atoms with van der Waals surface area (Å²) < 4.78 is 5.29. The maximum absolute atomic E-state index is 12.6. The van der Waals surface area contributed by atoms with Crippen LogP contribution in [0.3, 0.4) is 0 Å². The summed E-state index contributed by atoms with van der Waals surface area (Å²) in [7, 11) is 0. The van der Waals surface area contributed by atoms with Crippen LogP contribution < -0.4 is 4.90 Å². The minimum absolute atomic E-state index is 0.00923. The molecular formula is C20H22ClN3O3. The number of esters is 1. The van der Waals surface area contributed by atoms with Gasteiger partial charge in [0.05, 0.1) is 12.6 Å². The van der Waals surface area contributed by atoms with Crippen LogP contribution in [0.2, 0.25) is 5.02 Å². The van der Waals surface area contributed by atoms with Gasteiger partial charge in [-0.15, -0.1) is 0 Å². The highest BCUT2D eigenvalue weighted by molar-refractivity contribution is 6.30. The van der Waals surface area contributed by atoms with E-state index < -0.39 is 5.97 Å². The first-order chi connectivity index (χ1) is 12.9. The highest BCUT2D eigenvalue weighted by atomic mass is 35.5. The van der Waals surface area contributed by atoms with Crippen LogP contribution in [0.15, 0.2) is 42.6 Å². The molecule has 27 heavy (non-hydrogen) atoms. The Kier molecular flexibility index (Phi) is 5.96. The van der Waals surface area contributed by atoms with Gasteiger partial charge in [0.1, 0.15) is 11.4 Å². The molecule has 0 aliphatic carbocycles. The van der Waals surface area contributed by atoms with E-state index in [0.717, 1.165) is 5.56 Å². The summed E-state index contributed by atoms with van der Waals surface area (Å²) in [4.78, 5) is 32.9. The van der Waals surface area contributed by atoms with Crippen LogP contribution in [0.5, 0.6) is 0 Å². The normalized spacial score (nSPS) is 14.6. The summed E-state index contributed by atoms with van der Waals surface area (Å²) in [6.07, 6.45) is 1.40. The van der Waals surface area contributed by atoms with Crippen molar-refractivity contribution in [2.24, 2.45) is 0 Å². The molecule has 7 heteroatoms. The number of amides is 1. The molecule has 0 saturated carbocycles. The second-order valence-corrected chi connectivity index (χ2v) is 7.13. The van der Waals surface area contributed by atoms with Gasteiger partial charge in [0, 0.05) is 30.9 Å². The lowest BCUT2D eigenvalue weighted by Crippen LogP contribution is -2.50. The number of halogens is 1. The lowest BCUT2D eigenvalue weighted by Gasteiger charge is -2.35. The molecule has 1 saturated heterocycles. The van der Waals surface area contributed by atoms with Gasteiger partial charge in [-0.05, 0) is 43.7 Å². The van der Waals surface area contributed by atoms with Crippen molar-refractivity contribution in [1.29, 1.82) is 0 Å². The molecule has 0 atom stereocenters. The summed E-state index contributed by atoms with van der Waals surface area (Å²) in [5, 5.41) is 0.672. The first kappa shape index (κ1) is 19.2. The maximum Gasteiger partial charge on any atom is 0.342 e. The first-order valence-corrected chi connectivity index (χ1v) is 9.25. The average molecular weight is 388 g/mol. The molecule has 2 heterocycles. The fourth-order valence-electron chi connectivity index (χ4n) is 2.95. The molecule has 2 aromatic rings. The second kappa shape index (κ2) is 8.39. The van der Waals surface area contributed by atoms with Crippen molar-refractivity contribution in [3.8, 4) is 0 Å². The number of nitrogens with zero attached hydrogens (tertiary/aromatic N) is 3. The molecular weight excluding hydrogens is 366 g/mol. The van der Waals surface area contributed by atoms with E-state index >= 15 is 0 Å². The van der Waals surface area contributed by atoms with Crippen LogP contribution in [0.25, 0.3) is 0 Å². The minimum atomic E-state index is -0.427. The summed E-state index contributed by atoms with van der Waals surface area (Å²) in [5.74, 6) is 0.0526. The van der Waals surface area contributed by atoms with Crippen LogP contribution in [0.1, 0.15) is 29.8 Å². The van der Waals surface area contributed by atoms with Crippen LogP contribution in [0.4, 0.5) is 5.82 Å². The van der Waals surface area contributed by atoms with E-state index in [4.69, 9.17) is 16.3 Å². The zero-order valence-corrected chi connectivity index (χ0v) is 16.1. The van der Waals surface area contributed by atoms with Gasteiger partial charge in [-0.2, -0.15) is 0 Å². The number of rotatable bonds is 5. The Labute approximate surface area is 163 Å². The summed E-state index contributed by atoms with van der Waals surface area (Å²) in [6, 6.07) is 10.8. The van der Waals surface area contributed by atoms with Crippen LogP contribution in [0, 0.1) is 0 Å². The number of carbonyl (C=O) groups is 2. The number of carbonyl (C=O) groups excluding carboxylic acids is 2. The minimum Gasteiger partial charge on any atom is -0.459 e. The van der Waals surface area contributed by atoms with Crippen molar-refractivity contribution >= 4 is 29.3 Å². The molecule has 0 unspecified atom stereocenters. The van der Waals surface area contributed by atoms with Crippen molar-refractivity contribution < 1.29 is 14.3 Å². The number of piperazine rings is 1. The Morgan fingerprint density at radius 1 is 1.22 bits per heavy atom. The van der Waals surface area contributed by atoms with E-state index in [2.05, 4.69) is 4.98 Å². The highest BCUT2D eigenvalue weighted by Crippen LogP contribution is 2.22. The van der Waals surface area contributed by atoms with Crippen LogP contribution >= 0.6 is 11.6 Å². The topological polar surface area (TPSA) is 62.7 Å². The van der Waals surface area contributed by atoms with Gasteiger partial charge < -0.3 is 14.5 Å². The Morgan fingerprint density at radius 2 is 1.96 bits per heavy atom. The van der Waals surface area contributed by atoms with E-state index in [1.165, 1.54) is 0 Å². The molecule has 3 rings (SSSR count). The van der Waals surface area contributed by atoms with Crippen molar-refractivity contribution in [1.82, 2.24) is 9.88 Å². The zero-order valence-electron chi connectivity index (χ0n) is 15.4. The number of ether oxygens (including phenoxy) is 1. The van der Waals surface area contributed by atoms with Gasteiger partial charge in [0.2, 0.25) is 5.91 Å². The fraction of sp³-hybridized carbons (Fsp3) is 0.350. The Bertz CT molecular complexity index is 823.